The minimum absolute atomic E-state index is 0.205. The number of hydrazone groups is 1. The molecule has 1 unspecified atom stereocenters. The zero-order valence-electron chi connectivity index (χ0n) is 18.4. The lowest BCUT2D eigenvalue weighted by Crippen LogP contribution is -2.31. The first-order valence-corrected chi connectivity index (χ1v) is 10.5. The molecular weight excluding hydrogens is 420 g/mol. The van der Waals surface area contributed by atoms with Crippen LogP contribution in [0.3, 0.4) is 0 Å². The predicted octanol–water partition coefficient (Wildman–Crippen LogP) is 4.27. The number of hydrogen-bond acceptors (Lipinski definition) is 6. The van der Waals surface area contributed by atoms with Gasteiger partial charge in [0.1, 0.15) is 23.5 Å². The number of benzene rings is 3. The standard InChI is InChI=1S/C26H24N2O5/c1-31-21-11-9-19(10-12-21)25-15-24(20-6-4-7-22(14-20)32-2)27-28(25)26(30)17-33-23-8-3-5-18(13-23)16-29/h3-14,16,25H,15,17H2,1-2H3. The maximum atomic E-state index is 13.2. The maximum absolute atomic E-state index is 13.2. The molecule has 0 saturated carbocycles. The summed E-state index contributed by atoms with van der Waals surface area (Å²) < 4.78 is 16.3. The highest BCUT2D eigenvalue weighted by Crippen LogP contribution is 2.34. The molecule has 33 heavy (non-hydrogen) atoms. The van der Waals surface area contributed by atoms with Crippen LogP contribution in [0.5, 0.6) is 17.2 Å². The van der Waals surface area contributed by atoms with Crippen LogP contribution in [0.1, 0.15) is 33.9 Å². The molecule has 1 amide bonds. The number of rotatable bonds is 8. The fourth-order valence-electron chi connectivity index (χ4n) is 3.69. The molecule has 3 aromatic rings. The SMILES string of the molecule is COc1ccc(C2CC(c3cccc(OC)c3)=NN2C(=O)COc2cccc(C=O)c2)cc1. The molecule has 0 fully saturated rings. The Kier molecular flexibility index (Phi) is 6.69. The van der Waals surface area contributed by atoms with Gasteiger partial charge >= 0.3 is 0 Å². The van der Waals surface area contributed by atoms with E-state index >= 15 is 0 Å². The smallest absolute Gasteiger partial charge is 0.281 e. The molecule has 0 aromatic heterocycles. The van der Waals surface area contributed by atoms with Gasteiger partial charge in [0.2, 0.25) is 0 Å². The molecule has 0 bridgehead atoms. The van der Waals surface area contributed by atoms with Gasteiger partial charge in [-0.3, -0.25) is 9.59 Å². The van der Waals surface area contributed by atoms with Crippen molar-refractivity contribution >= 4 is 17.9 Å². The van der Waals surface area contributed by atoms with E-state index in [4.69, 9.17) is 14.2 Å². The highest BCUT2D eigenvalue weighted by Gasteiger charge is 2.33. The molecule has 0 aliphatic carbocycles. The van der Waals surface area contributed by atoms with E-state index in [-0.39, 0.29) is 18.6 Å². The van der Waals surface area contributed by atoms with E-state index in [2.05, 4.69) is 5.10 Å². The first-order valence-electron chi connectivity index (χ1n) is 10.5. The number of methoxy groups -OCH3 is 2. The summed E-state index contributed by atoms with van der Waals surface area (Å²) in [6.45, 7) is -0.205. The highest BCUT2D eigenvalue weighted by molar-refractivity contribution is 6.03. The molecule has 1 atom stereocenters. The molecule has 1 heterocycles. The molecule has 7 heteroatoms. The third-order valence-electron chi connectivity index (χ3n) is 5.43. The van der Waals surface area contributed by atoms with Gasteiger partial charge in [-0.25, -0.2) is 5.01 Å². The summed E-state index contributed by atoms with van der Waals surface area (Å²) in [4.78, 5) is 24.2. The van der Waals surface area contributed by atoms with Gasteiger partial charge in [0.05, 0.1) is 26.0 Å². The maximum Gasteiger partial charge on any atom is 0.281 e. The lowest BCUT2D eigenvalue weighted by Gasteiger charge is -2.22. The Morgan fingerprint density at radius 1 is 0.970 bits per heavy atom. The average Bonchev–Trinajstić information content (AvgIpc) is 3.33. The third kappa shape index (κ3) is 5.03. The van der Waals surface area contributed by atoms with Gasteiger partial charge < -0.3 is 14.2 Å². The Bertz CT molecular complexity index is 1170. The second-order valence-corrected chi connectivity index (χ2v) is 7.49. The summed E-state index contributed by atoms with van der Waals surface area (Å²) in [5.74, 6) is 1.62. The Labute approximate surface area is 192 Å². The fourth-order valence-corrected chi connectivity index (χ4v) is 3.69. The largest absolute Gasteiger partial charge is 0.497 e. The van der Waals surface area contributed by atoms with Crippen molar-refractivity contribution in [2.24, 2.45) is 5.10 Å². The van der Waals surface area contributed by atoms with Crippen LogP contribution in [0.15, 0.2) is 77.9 Å². The average molecular weight is 444 g/mol. The Hall–Kier alpha value is -4.13. The van der Waals surface area contributed by atoms with E-state index in [0.717, 1.165) is 34.6 Å². The summed E-state index contributed by atoms with van der Waals surface area (Å²) >= 11 is 0. The van der Waals surface area contributed by atoms with Gasteiger partial charge in [0.15, 0.2) is 6.61 Å². The van der Waals surface area contributed by atoms with Crippen molar-refractivity contribution in [1.82, 2.24) is 5.01 Å². The molecule has 0 spiro atoms. The summed E-state index contributed by atoms with van der Waals surface area (Å²) in [7, 11) is 3.23. The van der Waals surface area contributed by atoms with Gasteiger partial charge in [-0.1, -0.05) is 36.4 Å². The van der Waals surface area contributed by atoms with E-state index in [1.165, 1.54) is 5.01 Å². The third-order valence-corrected chi connectivity index (χ3v) is 5.43. The minimum Gasteiger partial charge on any atom is -0.497 e. The lowest BCUT2D eigenvalue weighted by molar-refractivity contribution is -0.135. The van der Waals surface area contributed by atoms with Gasteiger partial charge in [0.25, 0.3) is 5.91 Å². The molecule has 168 valence electrons. The van der Waals surface area contributed by atoms with Crippen molar-refractivity contribution in [3.63, 3.8) is 0 Å². The number of nitrogens with zero attached hydrogens (tertiary/aromatic N) is 2. The zero-order valence-corrected chi connectivity index (χ0v) is 18.4. The fraction of sp³-hybridized carbons (Fsp3) is 0.192. The Balaban J connectivity index is 1.59. The summed E-state index contributed by atoms with van der Waals surface area (Å²) in [5, 5.41) is 6.13. The summed E-state index contributed by atoms with van der Waals surface area (Å²) in [5.41, 5.74) is 3.10. The Morgan fingerprint density at radius 2 is 1.70 bits per heavy atom. The van der Waals surface area contributed by atoms with Crippen molar-refractivity contribution in [3.8, 4) is 17.2 Å². The van der Waals surface area contributed by atoms with E-state index < -0.39 is 0 Å². The lowest BCUT2D eigenvalue weighted by atomic mass is 9.98. The van der Waals surface area contributed by atoms with Crippen LogP contribution in [0.4, 0.5) is 0 Å². The van der Waals surface area contributed by atoms with E-state index in [0.29, 0.717) is 17.7 Å². The van der Waals surface area contributed by atoms with Crippen LogP contribution >= 0.6 is 0 Å². The topological polar surface area (TPSA) is 77.4 Å². The normalized spacial score (nSPS) is 15.0. The highest BCUT2D eigenvalue weighted by atomic mass is 16.5. The van der Waals surface area contributed by atoms with Gasteiger partial charge in [-0.15, -0.1) is 0 Å². The molecular formula is C26H24N2O5. The van der Waals surface area contributed by atoms with Crippen LogP contribution in [0, 0.1) is 0 Å². The van der Waals surface area contributed by atoms with Crippen molar-refractivity contribution in [1.29, 1.82) is 0 Å². The van der Waals surface area contributed by atoms with E-state index in [1.807, 2.05) is 48.5 Å². The molecule has 0 N–H and O–H groups in total. The molecule has 3 aromatic carbocycles. The molecule has 7 nitrogen and oxygen atoms in total. The van der Waals surface area contributed by atoms with Gasteiger partial charge in [-0.05, 0) is 42.0 Å². The molecule has 0 radical (unpaired) electrons. The second kappa shape index (κ2) is 9.99. The number of carbonyl (C=O) groups excluding carboxylic acids is 2. The first kappa shape index (κ1) is 22.1. The number of carbonyl (C=O) groups is 2. The minimum atomic E-state index is -0.287. The summed E-state index contributed by atoms with van der Waals surface area (Å²) in [6.07, 6.45) is 1.28. The van der Waals surface area contributed by atoms with Crippen LogP contribution in [-0.2, 0) is 4.79 Å². The van der Waals surface area contributed by atoms with Crippen LogP contribution in [-0.4, -0.2) is 43.7 Å². The quantitative estimate of drug-likeness (QED) is 0.485. The predicted molar refractivity (Wildman–Crippen MR) is 124 cm³/mol. The van der Waals surface area contributed by atoms with Crippen LogP contribution in [0.2, 0.25) is 0 Å². The van der Waals surface area contributed by atoms with Crippen molar-refractivity contribution < 1.29 is 23.8 Å². The number of ether oxygens (including phenoxy) is 3. The van der Waals surface area contributed by atoms with Crippen molar-refractivity contribution in [2.45, 2.75) is 12.5 Å². The monoisotopic (exact) mass is 444 g/mol. The van der Waals surface area contributed by atoms with E-state index in [9.17, 15) is 9.59 Å². The number of aldehydes is 1. The van der Waals surface area contributed by atoms with Crippen LogP contribution < -0.4 is 14.2 Å². The molecule has 1 aliphatic rings. The molecule has 0 saturated heterocycles. The second-order valence-electron chi connectivity index (χ2n) is 7.49. The van der Waals surface area contributed by atoms with Crippen LogP contribution in [0.25, 0.3) is 0 Å². The van der Waals surface area contributed by atoms with Gasteiger partial charge in [0, 0.05) is 17.5 Å². The molecule has 4 rings (SSSR count). The van der Waals surface area contributed by atoms with Gasteiger partial charge in [-0.2, -0.15) is 5.10 Å². The van der Waals surface area contributed by atoms with E-state index in [1.54, 1.807) is 38.5 Å². The number of amides is 1. The number of hydrogen-bond donors (Lipinski definition) is 0. The summed E-state index contributed by atoms with van der Waals surface area (Å²) in [6, 6.07) is 21.6. The van der Waals surface area contributed by atoms with Crippen molar-refractivity contribution in [3.05, 3.63) is 89.5 Å². The van der Waals surface area contributed by atoms with Crippen molar-refractivity contribution in [2.75, 3.05) is 20.8 Å². The molecule has 1 aliphatic heterocycles. The zero-order chi connectivity index (χ0) is 23.2. The Morgan fingerprint density at radius 3 is 2.42 bits per heavy atom. The first-order chi connectivity index (χ1) is 16.1.